The topological polar surface area (TPSA) is 41.1 Å². The second-order valence-corrected chi connectivity index (χ2v) is 5.55. The minimum atomic E-state index is 0. The Labute approximate surface area is 127 Å². The van der Waals surface area contributed by atoms with Crippen LogP contribution in [0.4, 0.5) is 0 Å². The van der Waals surface area contributed by atoms with Crippen LogP contribution < -0.4 is 10.6 Å². The minimum Gasteiger partial charge on any atom is -0.351 e. The first-order valence-electron chi connectivity index (χ1n) is 7.24. The fourth-order valence-electron chi connectivity index (χ4n) is 2.99. The van der Waals surface area contributed by atoms with Gasteiger partial charge in [0.1, 0.15) is 0 Å². The number of carbonyl (C=O) groups excluding carboxylic acids is 1. The summed E-state index contributed by atoms with van der Waals surface area (Å²) in [4.78, 5) is 11.4. The Morgan fingerprint density at radius 1 is 1.25 bits per heavy atom. The maximum Gasteiger partial charge on any atom is 0.217 e. The third-order valence-corrected chi connectivity index (χ3v) is 3.97. The van der Waals surface area contributed by atoms with Crippen molar-refractivity contribution in [3.05, 3.63) is 35.9 Å². The van der Waals surface area contributed by atoms with E-state index in [1.165, 1.54) is 5.56 Å². The predicted octanol–water partition coefficient (Wildman–Crippen LogP) is 2.69. The van der Waals surface area contributed by atoms with E-state index in [0.29, 0.717) is 0 Å². The first-order chi connectivity index (χ1) is 9.20. The molecule has 0 bridgehead atoms. The largest absolute Gasteiger partial charge is 0.351 e. The maximum atomic E-state index is 11.4. The lowest BCUT2D eigenvalue weighted by Gasteiger charge is -2.38. The minimum absolute atomic E-state index is 0. The quantitative estimate of drug-likeness (QED) is 0.877. The maximum absolute atomic E-state index is 11.4. The number of piperidine rings is 1. The Hall–Kier alpha value is -1.06. The van der Waals surface area contributed by atoms with Crippen molar-refractivity contribution < 1.29 is 4.79 Å². The molecule has 1 fully saturated rings. The fraction of sp³-hybridized carbons (Fsp3) is 0.562. The van der Waals surface area contributed by atoms with Crippen LogP contribution in [-0.2, 0) is 11.2 Å². The zero-order valence-electron chi connectivity index (χ0n) is 12.2. The first kappa shape index (κ1) is 17.0. The van der Waals surface area contributed by atoms with Gasteiger partial charge >= 0.3 is 0 Å². The predicted molar refractivity (Wildman–Crippen MR) is 85.3 cm³/mol. The van der Waals surface area contributed by atoms with E-state index in [2.05, 4.69) is 41.0 Å². The molecule has 1 heterocycles. The molecule has 4 heteroatoms. The van der Waals surface area contributed by atoms with Gasteiger partial charge in [0.05, 0.1) is 0 Å². The average Bonchev–Trinajstić information content (AvgIpc) is 2.40. The van der Waals surface area contributed by atoms with Crippen LogP contribution in [0, 0.1) is 0 Å². The van der Waals surface area contributed by atoms with Gasteiger partial charge in [-0.25, -0.2) is 0 Å². The lowest BCUT2D eigenvalue weighted by atomic mass is 9.83. The molecule has 1 aromatic carbocycles. The third-order valence-electron chi connectivity index (χ3n) is 3.97. The Bertz CT molecular complexity index is 402. The number of carbonyl (C=O) groups is 1. The smallest absolute Gasteiger partial charge is 0.217 e. The Morgan fingerprint density at radius 3 is 2.50 bits per heavy atom. The van der Waals surface area contributed by atoms with Crippen molar-refractivity contribution in [2.24, 2.45) is 0 Å². The summed E-state index contributed by atoms with van der Waals surface area (Å²) in [6, 6.07) is 10.6. The van der Waals surface area contributed by atoms with Crippen molar-refractivity contribution in [1.29, 1.82) is 0 Å². The highest BCUT2D eigenvalue weighted by Crippen LogP contribution is 2.25. The third kappa shape index (κ3) is 5.14. The molecule has 20 heavy (non-hydrogen) atoms. The molecule has 0 saturated carbocycles. The van der Waals surface area contributed by atoms with Crippen LogP contribution in [0.5, 0.6) is 0 Å². The van der Waals surface area contributed by atoms with E-state index in [-0.39, 0.29) is 23.9 Å². The molecule has 0 aliphatic carbocycles. The molecule has 0 radical (unpaired) electrons. The van der Waals surface area contributed by atoms with Gasteiger partial charge in [0.15, 0.2) is 0 Å². The molecule has 0 spiro atoms. The molecule has 2 rings (SSSR count). The molecule has 1 saturated heterocycles. The Kier molecular flexibility index (Phi) is 7.03. The fourth-order valence-corrected chi connectivity index (χ4v) is 2.99. The monoisotopic (exact) mass is 296 g/mol. The molecule has 112 valence electrons. The van der Waals surface area contributed by atoms with Gasteiger partial charge in [-0.1, -0.05) is 30.3 Å². The van der Waals surface area contributed by atoms with Gasteiger partial charge in [-0.15, -0.1) is 12.4 Å². The number of benzene rings is 1. The standard InChI is InChI=1S/C16H24N2O.ClH/c1-14(19)18-16(10-12-17-13-11-16)9-5-8-15-6-3-2-4-7-15;/h2-4,6-7,17H,5,8-13H2,1H3,(H,18,19);1H. The summed E-state index contributed by atoms with van der Waals surface area (Å²) in [6.45, 7) is 3.64. The van der Waals surface area contributed by atoms with Gasteiger partial charge in [-0.2, -0.15) is 0 Å². The molecule has 0 aromatic heterocycles. The summed E-state index contributed by atoms with van der Waals surface area (Å²) >= 11 is 0. The number of amides is 1. The van der Waals surface area contributed by atoms with Crippen molar-refractivity contribution in [3.63, 3.8) is 0 Å². The summed E-state index contributed by atoms with van der Waals surface area (Å²) < 4.78 is 0. The highest BCUT2D eigenvalue weighted by Gasteiger charge is 2.31. The summed E-state index contributed by atoms with van der Waals surface area (Å²) in [5, 5.41) is 6.57. The second kappa shape index (κ2) is 8.28. The Morgan fingerprint density at radius 2 is 1.90 bits per heavy atom. The molecule has 0 unspecified atom stereocenters. The van der Waals surface area contributed by atoms with Crippen LogP contribution >= 0.6 is 12.4 Å². The molecule has 1 aromatic rings. The van der Waals surface area contributed by atoms with Gasteiger partial charge in [0.2, 0.25) is 5.91 Å². The van der Waals surface area contributed by atoms with Crippen LogP contribution in [0.3, 0.4) is 0 Å². The van der Waals surface area contributed by atoms with Gasteiger partial charge in [-0.3, -0.25) is 4.79 Å². The number of aryl methyl sites for hydroxylation is 1. The lowest BCUT2D eigenvalue weighted by Crippen LogP contribution is -2.53. The molecule has 1 aliphatic heterocycles. The molecule has 3 nitrogen and oxygen atoms in total. The zero-order chi connectivity index (χ0) is 13.6. The summed E-state index contributed by atoms with van der Waals surface area (Å²) in [5.41, 5.74) is 1.40. The van der Waals surface area contributed by atoms with Gasteiger partial charge < -0.3 is 10.6 Å². The van der Waals surface area contributed by atoms with Crippen molar-refractivity contribution in [2.75, 3.05) is 13.1 Å². The zero-order valence-corrected chi connectivity index (χ0v) is 13.0. The average molecular weight is 297 g/mol. The van der Waals surface area contributed by atoms with Crippen molar-refractivity contribution in [1.82, 2.24) is 10.6 Å². The van der Waals surface area contributed by atoms with Crippen molar-refractivity contribution in [2.45, 2.75) is 44.6 Å². The molecule has 0 atom stereocenters. The number of nitrogens with one attached hydrogen (secondary N) is 2. The number of rotatable bonds is 5. The van der Waals surface area contributed by atoms with Crippen LogP contribution in [0.1, 0.15) is 38.2 Å². The van der Waals surface area contributed by atoms with Crippen LogP contribution in [0.15, 0.2) is 30.3 Å². The second-order valence-electron chi connectivity index (χ2n) is 5.55. The van der Waals surface area contributed by atoms with E-state index in [1.807, 2.05) is 0 Å². The van der Waals surface area contributed by atoms with E-state index < -0.39 is 0 Å². The summed E-state index contributed by atoms with van der Waals surface area (Å²) in [7, 11) is 0. The van der Waals surface area contributed by atoms with Gasteiger partial charge in [0.25, 0.3) is 0 Å². The van der Waals surface area contributed by atoms with Crippen LogP contribution in [0.25, 0.3) is 0 Å². The molecule has 1 amide bonds. The van der Waals surface area contributed by atoms with Crippen molar-refractivity contribution >= 4 is 18.3 Å². The van der Waals surface area contributed by atoms with E-state index in [1.54, 1.807) is 6.92 Å². The van der Waals surface area contributed by atoms with Crippen LogP contribution in [0.2, 0.25) is 0 Å². The van der Waals surface area contributed by atoms with Gasteiger partial charge in [-0.05, 0) is 50.8 Å². The molecule has 2 N–H and O–H groups in total. The number of halogens is 1. The highest BCUT2D eigenvalue weighted by molar-refractivity contribution is 5.85. The number of hydrogen-bond acceptors (Lipinski definition) is 2. The van der Waals surface area contributed by atoms with E-state index in [9.17, 15) is 4.79 Å². The first-order valence-corrected chi connectivity index (χ1v) is 7.24. The summed E-state index contributed by atoms with van der Waals surface area (Å²) in [5.74, 6) is 0.0987. The van der Waals surface area contributed by atoms with E-state index in [4.69, 9.17) is 0 Å². The normalized spacial score (nSPS) is 17.1. The van der Waals surface area contributed by atoms with E-state index in [0.717, 1.165) is 45.2 Å². The number of hydrogen-bond donors (Lipinski definition) is 2. The molecule has 1 aliphatic rings. The lowest BCUT2D eigenvalue weighted by molar-refractivity contribution is -0.121. The summed E-state index contributed by atoms with van der Waals surface area (Å²) in [6.07, 6.45) is 5.38. The van der Waals surface area contributed by atoms with Crippen LogP contribution in [-0.4, -0.2) is 24.5 Å². The van der Waals surface area contributed by atoms with Gasteiger partial charge in [0, 0.05) is 12.5 Å². The van der Waals surface area contributed by atoms with E-state index >= 15 is 0 Å². The molecular weight excluding hydrogens is 272 g/mol. The highest BCUT2D eigenvalue weighted by atomic mass is 35.5. The SMILES string of the molecule is CC(=O)NC1(CCCc2ccccc2)CCNCC1.Cl. The molecular formula is C16H25ClN2O. The Balaban J connectivity index is 0.00000200. The van der Waals surface area contributed by atoms with Crippen molar-refractivity contribution in [3.8, 4) is 0 Å².